The lowest BCUT2D eigenvalue weighted by Gasteiger charge is -2.17. The highest BCUT2D eigenvalue weighted by Crippen LogP contribution is 2.22. The highest BCUT2D eigenvalue weighted by atomic mass is 35.5. The number of non-ortho nitro benzene ring substituents is 1. The largest absolute Gasteiger partial charge is 0.480 e. The maximum absolute atomic E-state index is 11.9. The Bertz CT molecular complexity index is 560. The van der Waals surface area contributed by atoms with E-state index in [0.29, 0.717) is 0 Å². The molecule has 0 aromatic heterocycles. The first-order valence-corrected chi connectivity index (χ1v) is 5.77. The van der Waals surface area contributed by atoms with Crippen LogP contribution in [0.1, 0.15) is 17.3 Å². The van der Waals surface area contributed by atoms with E-state index in [4.69, 9.17) is 16.7 Å². The van der Waals surface area contributed by atoms with E-state index in [-0.39, 0.29) is 16.3 Å². The van der Waals surface area contributed by atoms with E-state index in [1.165, 1.54) is 6.92 Å². The molecule has 0 aliphatic rings. The number of benzene rings is 1. The van der Waals surface area contributed by atoms with Crippen molar-refractivity contribution in [3.05, 3.63) is 38.9 Å². The number of halogens is 1. The molecule has 0 saturated carbocycles. The van der Waals surface area contributed by atoms with E-state index < -0.39 is 28.9 Å². The van der Waals surface area contributed by atoms with Crippen LogP contribution in [0, 0.1) is 10.1 Å². The lowest BCUT2D eigenvalue weighted by molar-refractivity contribution is -0.384. The van der Waals surface area contributed by atoms with Gasteiger partial charge >= 0.3 is 5.97 Å². The zero-order valence-corrected chi connectivity index (χ0v) is 11.0. The van der Waals surface area contributed by atoms with Gasteiger partial charge in [0, 0.05) is 12.1 Å². The molecule has 0 aliphatic carbocycles. The van der Waals surface area contributed by atoms with Crippen molar-refractivity contribution in [1.82, 2.24) is 5.32 Å². The van der Waals surface area contributed by atoms with Gasteiger partial charge in [0.1, 0.15) is 0 Å². The van der Waals surface area contributed by atoms with Gasteiger partial charge in [-0.1, -0.05) is 11.6 Å². The van der Waals surface area contributed by atoms with E-state index in [0.717, 1.165) is 18.2 Å². The lowest BCUT2D eigenvalue weighted by atomic mass is 10.1. The van der Waals surface area contributed by atoms with Crippen LogP contribution >= 0.6 is 11.6 Å². The first-order chi connectivity index (χ1) is 9.23. The summed E-state index contributed by atoms with van der Waals surface area (Å²) in [6.07, 6.45) is -1.34. The second-order valence-corrected chi connectivity index (χ2v) is 4.36. The fourth-order valence-electron chi connectivity index (χ4n) is 1.41. The van der Waals surface area contributed by atoms with Gasteiger partial charge in [-0.3, -0.25) is 14.9 Å². The quantitative estimate of drug-likeness (QED) is 0.545. The minimum absolute atomic E-state index is 0.0668. The summed E-state index contributed by atoms with van der Waals surface area (Å²) in [5.41, 5.74) is -0.601. The molecule has 0 spiro atoms. The number of aliphatic carboxylic acids is 1. The first-order valence-electron chi connectivity index (χ1n) is 5.39. The number of carbonyl (C=O) groups is 2. The zero-order valence-electron chi connectivity index (χ0n) is 10.2. The van der Waals surface area contributed by atoms with Gasteiger partial charge < -0.3 is 15.5 Å². The molecule has 0 saturated heterocycles. The highest BCUT2D eigenvalue weighted by molar-refractivity contribution is 6.34. The van der Waals surface area contributed by atoms with Crippen molar-refractivity contribution >= 4 is 29.2 Å². The minimum Gasteiger partial charge on any atom is -0.480 e. The van der Waals surface area contributed by atoms with Crippen molar-refractivity contribution in [2.45, 2.75) is 19.1 Å². The van der Waals surface area contributed by atoms with Crippen LogP contribution in [0.5, 0.6) is 0 Å². The van der Waals surface area contributed by atoms with Crippen molar-refractivity contribution in [3.8, 4) is 0 Å². The fraction of sp³-hybridized carbons (Fsp3) is 0.273. The molecule has 0 bridgehead atoms. The predicted molar refractivity (Wildman–Crippen MR) is 68.7 cm³/mol. The highest BCUT2D eigenvalue weighted by Gasteiger charge is 2.26. The van der Waals surface area contributed by atoms with E-state index >= 15 is 0 Å². The monoisotopic (exact) mass is 302 g/mol. The van der Waals surface area contributed by atoms with Gasteiger partial charge in [-0.15, -0.1) is 0 Å². The van der Waals surface area contributed by atoms with Crippen LogP contribution in [-0.4, -0.2) is 39.2 Å². The Kier molecular flexibility index (Phi) is 5.00. The van der Waals surface area contributed by atoms with Gasteiger partial charge in [0.05, 0.1) is 21.6 Å². The number of carbonyl (C=O) groups excluding carboxylic acids is 1. The average Bonchev–Trinajstić information content (AvgIpc) is 2.34. The Morgan fingerprint density at radius 2 is 2.05 bits per heavy atom. The molecule has 9 heteroatoms. The number of carboxylic acid groups (broad SMARTS) is 1. The van der Waals surface area contributed by atoms with Gasteiger partial charge in [0.25, 0.3) is 11.6 Å². The molecule has 0 aliphatic heterocycles. The number of hydrogen-bond acceptors (Lipinski definition) is 5. The number of nitro benzene ring substituents is 1. The number of hydrogen-bond donors (Lipinski definition) is 3. The molecule has 108 valence electrons. The lowest BCUT2D eigenvalue weighted by Crippen LogP contribution is -2.47. The third-order valence-corrected chi connectivity index (χ3v) is 2.77. The molecule has 0 fully saturated rings. The molecule has 1 amide bonds. The number of nitrogens with one attached hydrogen (secondary N) is 1. The Labute approximate surface area is 118 Å². The smallest absolute Gasteiger partial charge is 0.328 e. The molecular weight excluding hydrogens is 292 g/mol. The van der Waals surface area contributed by atoms with E-state index in [2.05, 4.69) is 0 Å². The van der Waals surface area contributed by atoms with Crippen molar-refractivity contribution in [3.63, 3.8) is 0 Å². The Balaban J connectivity index is 3.05. The first kappa shape index (κ1) is 15.9. The van der Waals surface area contributed by atoms with Crippen molar-refractivity contribution in [2.24, 2.45) is 0 Å². The Hall–Kier alpha value is -2.19. The summed E-state index contributed by atoms with van der Waals surface area (Å²) in [4.78, 5) is 32.6. The van der Waals surface area contributed by atoms with Crippen LogP contribution in [0.2, 0.25) is 5.02 Å². The summed E-state index contributed by atoms with van der Waals surface area (Å²) in [5, 5.41) is 30.7. The molecule has 20 heavy (non-hydrogen) atoms. The van der Waals surface area contributed by atoms with Gasteiger partial charge in [-0.25, -0.2) is 4.79 Å². The number of rotatable bonds is 5. The maximum atomic E-state index is 11.9. The SMILES string of the molecule is CC(O)C(NC(=O)c1cc([N+](=O)[O-])ccc1Cl)C(=O)O. The van der Waals surface area contributed by atoms with Crippen LogP contribution in [-0.2, 0) is 4.79 Å². The third kappa shape index (κ3) is 3.65. The van der Waals surface area contributed by atoms with Gasteiger partial charge in [0.2, 0.25) is 0 Å². The molecule has 1 aromatic rings. The van der Waals surface area contributed by atoms with E-state index in [9.17, 15) is 24.8 Å². The summed E-state index contributed by atoms with van der Waals surface area (Å²) in [6.45, 7) is 1.19. The number of nitro groups is 1. The summed E-state index contributed by atoms with van der Waals surface area (Å²) in [7, 11) is 0. The number of amides is 1. The Morgan fingerprint density at radius 1 is 1.45 bits per heavy atom. The molecule has 0 radical (unpaired) electrons. The molecule has 2 atom stereocenters. The van der Waals surface area contributed by atoms with Crippen molar-refractivity contribution < 1.29 is 24.7 Å². The molecule has 8 nitrogen and oxygen atoms in total. The number of aliphatic hydroxyl groups is 1. The maximum Gasteiger partial charge on any atom is 0.328 e. The zero-order chi connectivity index (χ0) is 15.4. The summed E-state index contributed by atoms with van der Waals surface area (Å²) in [5.74, 6) is -2.36. The van der Waals surface area contributed by atoms with E-state index in [1.807, 2.05) is 5.32 Å². The van der Waals surface area contributed by atoms with Gasteiger partial charge in [0.15, 0.2) is 6.04 Å². The normalized spacial score (nSPS) is 13.3. The number of aliphatic hydroxyl groups excluding tert-OH is 1. The molecule has 0 heterocycles. The summed E-state index contributed by atoms with van der Waals surface area (Å²) < 4.78 is 0. The topological polar surface area (TPSA) is 130 Å². The van der Waals surface area contributed by atoms with Crippen LogP contribution in [0.3, 0.4) is 0 Å². The summed E-state index contributed by atoms with van der Waals surface area (Å²) >= 11 is 5.75. The third-order valence-electron chi connectivity index (χ3n) is 2.44. The number of carboxylic acids is 1. The van der Waals surface area contributed by atoms with Crippen LogP contribution in [0.15, 0.2) is 18.2 Å². The van der Waals surface area contributed by atoms with Crippen LogP contribution < -0.4 is 5.32 Å². The predicted octanol–water partition coefficient (Wildman–Crippen LogP) is 0.812. The fourth-order valence-corrected chi connectivity index (χ4v) is 1.61. The van der Waals surface area contributed by atoms with Crippen molar-refractivity contribution in [2.75, 3.05) is 0 Å². The van der Waals surface area contributed by atoms with Gasteiger partial charge in [-0.2, -0.15) is 0 Å². The minimum atomic E-state index is -1.54. The standard InChI is InChI=1S/C11H11ClN2O6/c1-5(15)9(11(17)18)13-10(16)7-4-6(14(19)20)2-3-8(7)12/h2-5,9,15H,1H3,(H,13,16)(H,17,18). The van der Waals surface area contributed by atoms with Gasteiger partial charge in [-0.05, 0) is 13.0 Å². The second kappa shape index (κ2) is 6.31. The summed E-state index contributed by atoms with van der Waals surface area (Å²) in [6, 6.07) is 1.66. The second-order valence-electron chi connectivity index (χ2n) is 3.95. The van der Waals surface area contributed by atoms with Crippen molar-refractivity contribution in [1.29, 1.82) is 0 Å². The van der Waals surface area contributed by atoms with Crippen LogP contribution in [0.25, 0.3) is 0 Å². The number of nitrogens with zero attached hydrogens (tertiary/aromatic N) is 1. The average molecular weight is 303 g/mol. The van der Waals surface area contributed by atoms with Crippen LogP contribution in [0.4, 0.5) is 5.69 Å². The molecule has 1 rings (SSSR count). The Morgan fingerprint density at radius 3 is 2.50 bits per heavy atom. The molecule has 2 unspecified atom stereocenters. The molecule has 3 N–H and O–H groups in total. The molecular formula is C11H11ClN2O6. The molecule has 1 aromatic carbocycles. The van der Waals surface area contributed by atoms with E-state index in [1.54, 1.807) is 0 Å².